The summed E-state index contributed by atoms with van der Waals surface area (Å²) in [6, 6.07) is 12.6. The normalized spacial score (nSPS) is 11.9. The van der Waals surface area contributed by atoms with Gasteiger partial charge in [-0.05, 0) is 31.2 Å². The third-order valence-electron chi connectivity index (χ3n) is 3.68. The first kappa shape index (κ1) is 17.8. The van der Waals surface area contributed by atoms with Crippen LogP contribution in [0.15, 0.2) is 53.6 Å². The predicted molar refractivity (Wildman–Crippen MR) is 98.0 cm³/mol. The fourth-order valence-corrected chi connectivity index (χ4v) is 3.33. The molecule has 132 valence electrons. The minimum Gasteiger partial charge on any atom is -0.351 e. The Labute approximate surface area is 153 Å². The summed E-state index contributed by atoms with van der Waals surface area (Å²) in [5.41, 5.74) is 6.34. The van der Waals surface area contributed by atoms with E-state index in [0.29, 0.717) is 10.7 Å². The van der Waals surface area contributed by atoms with Gasteiger partial charge in [0.2, 0.25) is 5.91 Å². The quantitative estimate of drug-likeness (QED) is 0.688. The number of nitrogens with zero attached hydrogens (tertiary/aromatic N) is 2. The minimum absolute atomic E-state index is 0.326. The molecule has 0 saturated carbocycles. The van der Waals surface area contributed by atoms with Crippen LogP contribution in [0.4, 0.5) is 9.18 Å². The van der Waals surface area contributed by atoms with E-state index < -0.39 is 17.2 Å². The summed E-state index contributed by atoms with van der Waals surface area (Å²) in [4.78, 5) is 22.7. The molecule has 1 aromatic heterocycles. The van der Waals surface area contributed by atoms with Crippen LogP contribution in [0.5, 0.6) is 0 Å². The Kier molecular flexibility index (Phi) is 5.13. The molecule has 0 radical (unpaired) electrons. The molecule has 0 aliphatic heterocycles. The number of primary amides is 1. The average molecular weight is 370 g/mol. The number of nitrogens with two attached hydrogens (primary N) is 1. The second-order valence-corrected chi connectivity index (χ2v) is 6.85. The SMILES string of the molecule is C[C@H](Sc1nnc(-c2ccc(F)cc2)c2ccccc12)C(=O)NC(N)=O. The van der Waals surface area contributed by atoms with Gasteiger partial charge in [0.05, 0.1) is 5.25 Å². The van der Waals surface area contributed by atoms with Gasteiger partial charge in [0.1, 0.15) is 16.5 Å². The second kappa shape index (κ2) is 7.49. The first-order valence-corrected chi connectivity index (χ1v) is 8.62. The van der Waals surface area contributed by atoms with Crippen LogP contribution in [0.2, 0.25) is 0 Å². The number of nitrogens with one attached hydrogen (secondary N) is 1. The molecular formula is C18H15FN4O2S. The van der Waals surface area contributed by atoms with E-state index in [0.717, 1.165) is 16.3 Å². The maximum absolute atomic E-state index is 13.2. The van der Waals surface area contributed by atoms with Crippen molar-refractivity contribution in [2.45, 2.75) is 17.2 Å². The zero-order valence-electron chi connectivity index (χ0n) is 13.8. The fourth-order valence-electron chi connectivity index (χ4n) is 2.43. The maximum atomic E-state index is 13.2. The lowest BCUT2D eigenvalue weighted by atomic mass is 10.1. The molecule has 0 unspecified atom stereocenters. The van der Waals surface area contributed by atoms with E-state index in [1.54, 1.807) is 19.1 Å². The van der Waals surface area contributed by atoms with Crippen molar-refractivity contribution < 1.29 is 14.0 Å². The van der Waals surface area contributed by atoms with Crippen LogP contribution in [0.1, 0.15) is 6.92 Å². The van der Waals surface area contributed by atoms with E-state index in [4.69, 9.17) is 5.73 Å². The summed E-state index contributed by atoms with van der Waals surface area (Å²) >= 11 is 1.18. The number of thioether (sulfide) groups is 1. The van der Waals surface area contributed by atoms with Gasteiger partial charge in [0.15, 0.2) is 0 Å². The first-order valence-electron chi connectivity index (χ1n) is 7.74. The zero-order valence-corrected chi connectivity index (χ0v) is 14.6. The van der Waals surface area contributed by atoms with Crippen molar-refractivity contribution in [3.63, 3.8) is 0 Å². The lowest BCUT2D eigenvalue weighted by Gasteiger charge is -2.12. The summed E-state index contributed by atoms with van der Waals surface area (Å²) < 4.78 is 13.2. The van der Waals surface area contributed by atoms with Gasteiger partial charge in [0, 0.05) is 16.3 Å². The Morgan fingerprint density at radius 3 is 2.38 bits per heavy atom. The highest BCUT2D eigenvalue weighted by molar-refractivity contribution is 8.00. The highest BCUT2D eigenvalue weighted by Crippen LogP contribution is 2.33. The first-order chi connectivity index (χ1) is 12.5. The number of carbonyl (C=O) groups is 2. The van der Waals surface area contributed by atoms with Crippen molar-refractivity contribution in [1.82, 2.24) is 15.5 Å². The number of hydrogen-bond donors (Lipinski definition) is 2. The van der Waals surface area contributed by atoms with E-state index in [2.05, 4.69) is 10.2 Å². The Hall–Kier alpha value is -3.00. The van der Waals surface area contributed by atoms with Crippen LogP contribution < -0.4 is 11.1 Å². The molecule has 0 aliphatic carbocycles. The molecule has 8 heteroatoms. The van der Waals surface area contributed by atoms with Gasteiger partial charge in [-0.1, -0.05) is 36.0 Å². The van der Waals surface area contributed by atoms with Crippen LogP contribution in [0.25, 0.3) is 22.0 Å². The van der Waals surface area contributed by atoms with Gasteiger partial charge in [-0.15, -0.1) is 10.2 Å². The van der Waals surface area contributed by atoms with Crippen molar-refractivity contribution in [2.75, 3.05) is 0 Å². The number of hydrogen-bond acceptors (Lipinski definition) is 5. The summed E-state index contributed by atoms with van der Waals surface area (Å²) in [5, 5.41) is 12.2. The smallest absolute Gasteiger partial charge is 0.318 e. The van der Waals surface area contributed by atoms with Gasteiger partial charge >= 0.3 is 6.03 Å². The summed E-state index contributed by atoms with van der Waals surface area (Å²) in [5.74, 6) is -0.830. The summed E-state index contributed by atoms with van der Waals surface area (Å²) in [6.07, 6.45) is 0. The topological polar surface area (TPSA) is 98.0 Å². The number of benzene rings is 2. The van der Waals surface area contributed by atoms with Gasteiger partial charge in [-0.2, -0.15) is 0 Å². The monoisotopic (exact) mass is 370 g/mol. The Balaban J connectivity index is 1.99. The van der Waals surface area contributed by atoms with E-state index in [1.165, 1.54) is 23.9 Å². The van der Waals surface area contributed by atoms with Crippen molar-refractivity contribution in [3.05, 3.63) is 54.3 Å². The number of aromatic nitrogens is 2. The van der Waals surface area contributed by atoms with Gasteiger partial charge in [-0.3, -0.25) is 10.1 Å². The van der Waals surface area contributed by atoms with Gasteiger partial charge in [-0.25, -0.2) is 9.18 Å². The molecule has 26 heavy (non-hydrogen) atoms. The molecule has 1 atom stereocenters. The molecule has 2 aromatic carbocycles. The predicted octanol–water partition coefficient (Wildman–Crippen LogP) is 3.11. The summed E-state index contributed by atoms with van der Waals surface area (Å²) in [6.45, 7) is 1.65. The second-order valence-electron chi connectivity index (χ2n) is 5.52. The number of amides is 3. The van der Waals surface area contributed by atoms with Crippen LogP contribution in [0.3, 0.4) is 0 Å². The van der Waals surface area contributed by atoms with E-state index in [-0.39, 0.29) is 5.82 Å². The van der Waals surface area contributed by atoms with Gasteiger partial charge in [0.25, 0.3) is 0 Å². The van der Waals surface area contributed by atoms with Crippen LogP contribution in [-0.2, 0) is 4.79 Å². The zero-order chi connectivity index (χ0) is 18.7. The lowest BCUT2D eigenvalue weighted by molar-refractivity contribution is -0.119. The standard InChI is InChI=1S/C18H15FN4O2S/c1-10(16(24)21-18(20)25)26-17-14-5-3-2-4-13(14)15(22-23-17)11-6-8-12(19)9-7-11/h2-10H,1H3,(H3,20,21,24,25)/t10-/m0/s1. The van der Waals surface area contributed by atoms with Crippen molar-refractivity contribution in [3.8, 4) is 11.3 Å². The van der Waals surface area contributed by atoms with E-state index in [1.807, 2.05) is 29.6 Å². The van der Waals surface area contributed by atoms with Crippen molar-refractivity contribution in [2.24, 2.45) is 5.73 Å². The molecular weight excluding hydrogens is 355 g/mol. The molecule has 3 amide bonds. The van der Waals surface area contributed by atoms with Crippen molar-refractivity contribution in [1.29, 1.82) is 0 Å². The average Bonchev–Trinajstić information content (AvgIpc) is 2.62. The Morgan fingerprint density at radius 1 is 1.08 bits per heavy atom. The number of halogens is 1. The molecule has 3 rings (SSSR count). The largest absolute Gasteiger partial charge is 0.351 e. The van der Waals surface area contributed by atoms with E-state index >= 15 is 0 Å². The van der Waals surface area contributed by atoms with E-state index in [9.17, 15) is 14.0 Å². The highest BCUT2D eigenvalue weighted by atomic mass is 32.2. The number of fused-ring (bicyclic) bond motifs is 1. The minimum atomic E-state index is -0.898. The molecule has 0 saturated heterocycles. The number of rotatable bonds is 4. The number of carbonyl (C=O) groups excluding carboxylic acids is 2. The number of urea groups is 1. The molecule has 6 nitrogen and oxygen atoms in total. The van der Waals surface area contributed by atoms with Crippen LogP contribution in [-0.4, -0.2) is 27.4 Å². The third-order valence-corrected chi connectivity index (χ3v) is 4.77. The molecule has 0 aliphatic rings. The number of imide groups is 1. The fraction of sp³-hybridized carbons (Fsp3) is 0.111. The molecule has 0 spiro atoms. The highest BCUT2D eigenvalue weighted by Gasteiger charge is 2.19. The van der Waals surface area contributed by atoms with Crippen LogP contribution >= 0.6 is 11.8 Å². The third kappa shape index (κ3) is 3.80. The summed E-state index contributed by atoms with van der Waals surface area (Å²) in [7, 11) is 0. The molecule has 3 aromatic rings. The van der Waals surface area contributed by atoms with Gasteiger partial charge < -0.3 is 5.73 Å². The Morgan fingerprint density at radius 2 is 1.73 bits per heavy atom. The maximum Gasteiger partial charge on any atom is 0.318 e. The molecule has 1 heterocycles. The van der Waals surface area contributed by atoms with Crippen molar-refractivity contribution >= 4 is 34.5 Å². The Bertz CT molecular complexity index is 979. The molecule has 0 fully saturated rings. The molecule has 0 bridgehead atoms. The molecule has 3 N–H and O–H groups in total. The van der Waals surface area contributed by atoms with Crippen LogP contribution in [0, 0.1) is 5.82 Å². The lowest BCUT2D eigenvalue weighted by Crippen LogP contribution is -2.39.